The summed E-state index contributed by atoms with van der Waals surface area (Å²) in [6, 6.07) is 7.75. The third-order valence-electron chi connectivity index (χ3n) is 3.03. The zero-order chi connectivity index (χ0) is 17.0. The molecule has 120 valence electrons. The molecule has 0 saturated carbocycles. The predicted molar refractivity (Wildman–Crippen MR) is 88.1 cm³/mol. The number of carbonyl (C=O) groups excluding carboxylic acids is 2. The predicted octanol–water partition coefficient (Wildman–Crippen LogP) is 2.97. The number of benzene rings is 1. The fraction of sp³-hybridized carbons (Fsp3) is 0.200. The summed E-state index contributed by atoms with van der Waals surface area (Å²) in [5.41, 5.74) is 0.807. The number of amides is 2. The molecule has 1 aromatic heterocycles. The maximum absolute atomic E-state index is 12.2. The smallest absolute Gasteiger partial charge is 0.283 e. The second-order valence-corrected chi connectivity index (χ2v) is 5.96. The molecule has 0 radical (unpaired) electrons. The Balaban J connectivity index is 2.17. The van der Waals surface area contributed by atoms with Crippen LogP contribution in [-0.2, 0) is 0 Å². The second-order valence-electron chi connectivity index (χ2n) is 4.70. The zero-order valence-electron chi connectivity index (χ0n) is 12.6. The molecule has 0 aliphatic heterocycles. The number of nitrogens with zero attached hydrogens (tertiary/aromatic N) is 1. The molecule has 0 saturated heterocycles. The van der Waals surface area contributed by atoms with E-state index < -0.39 is 10.8 Å². The quantitative estimate of drug-likeness (QED) is 0.648. The van der Waals surface area contributed by atoms with Crippen molar-refractivity contribution in [2.45, 2.75) is 13.8 Å². The topological polar surface area (TPSA) is 101 Å². The van der Waals surface area contributed by atoms with Crippen LogP contribution in [0.25, 0.3) is 0 Å². The van der Waals surface area contributed by atoms with Gasteiger partial charge in [0, 0.05) is 23.9 Å². The Morgan fingerprint density at radius 1 is 1.26 bits per heavy atom. The normalized spacial score (nSPS) is 10.2. The van der Waals surface area contributed by atoms with Gasteiger partial charge in [-0.05, 0) is 32.0 Å². The molecular weight excluding hydrogens is 318 g/mol. The minimum absolute atomic E-state index is 0.0729. The summed E-state index contributed by atoms with van der Waals surface area (Å²) >= 11 is 1.06. The van der Waals surface area contributed by atoms with E-state index in [4.69, 9.17) is 0 Å². The molecule has 0 aliphatic carbocycles. The van der Waals surface area contributed by atoms with Crippen molar-refractivity contribution in [1.29, 1.82) is 0 Å². The lowest BCUT2D eigenvalue weighted by molar-refractivity contribution is -0.385. The lowest BCUT2D eigenvalue weighted by Gasteiger charge is -2.06. The van der Waals surface area contributed by atoms with E-state index in [1.807, 2.05) is 6.92 Å². The van der Waals surface area contributed by atoms with Crippen LogP contribution < -0.4 is 10.6 Å². The maximum Gasteiger partial charge on any atom is 0.283 e. The van der Waals surface area contributed by atoms with Gasteiger partial charge in [0.1, 0.15) is 0 Å². The van der Waals surface area contributed by atoms with Gasteiger partial charge in [0.2, 0.25) is 0 Å². The molecular formula is C15H15N3O4S. The van der Waals surface area contributed by atoms with Crippen LogP contribution in [0.15, 0.2) is 30.3 Å². The molecule has 2 amide bonds. The number of thiophene rings is 1. The van der Waals surface area contributed by atoms with Gasteiger partial charge >= 0.3 is 0 Å². The first-order valence-electron chi connectivity index (χ1n) is 6.86. The van der Waals surface area contributed by atoms with Crippen molar-refractivity contribution in [3.63, 3.8) is 0 Å². The summed E-state index contributed by atoms with van der Waals surface area (Å²) < 4.78 is 0. The SMILES string of the molecule is CCNC(=O)c1cccc(NC(=O)c2cc([N+](=O)[O-])c(C)s2)c1. The standard InChI is InChI=1S/C15H15N3O4S/c1-3-16-14(19)10-5-4-6-11(7-10)17-15(20)13-8-12(18(21)22)9(2)23-13/h4-8H,3H2,1-2H3,(H,16,19)(H,17,20). The van der Waals surface area contributed by atoms with E-state index in [1.165, 1.54) is 6.07 Å². The van der Waals surface area contributed by atoms with Crippen molar-refractivity contribution < 1.29 is 14.5 Å². The van der Waals surface area contributed by atoms with Gasteiger partial charge in [-0.25, -0.2) is 0 Å². The molecule has 7 nitrogen and oxygen atoms in total. The number of hydrogen-bond acceptors (Lipinski definition) is 5. The molecule has 0 bridgehead atoms. The van der Waals surface area contributed by atoms with E-state index in [0.29, 0.717) is 22.7 Å². The van der Waals surface area contributed by atoms with Gasteiger partial charge < -0.3 is 10.6 Å². The first-order valence-corrected chi connectivity index (χ1v) is 7.68. The molecule has 0 atom stereocenters. The fourth-order valence-electron chi connectivity index (χ4n) is 1.96. The summed E-state index contributed by atoms with van der Waals surface area (Å²) in [6.07, 6.45) is 0. The molecule has 8 heteroatoms. The molecule has 2 N–H and O–H groups in total. The summed E-state index contributed by atoms with van der Waals surface area (Å²) in [7, 11) is 0. The third-order valence-corrected chi connectivity index (χ3v) is 4.07. The molecule has 1 heterocycles. The van der Waals surface area contributed by atoms with Gasteiger partial charge in [0.25, 0.3) is 17.5 Å². The van der Waals surface area contributed by atoms with Crippen molar-refractivity contribution in [2.24, 2.45) is 0 Å². The largest absolute Gasteiger partial charge is 0.352 e. The van der Waals surface area contributed by atoms with E-state index in [-0.39, 0.29) is 16.5 Å². The summed E-state index contributed by atoms with van der Waals surface area (Å²) in [6.45, 7) is 3.92. The van der Waals surface area contributed by atoms with E-state index in [0.717, 1.165) is 11.3 Å². The number of hydrogen-bond donors (Lipinski definition) is 2. The van der Waals surface area contributed by atoms with Gasteiger partial charge in [0.15, 0.2) is 0 Å². The Bertz CT molecular complexity index is 770. The average molecular weight is 333 g/mol. The Kier molecular flexibility index (Phi) is 5.07. The van der Waals surface area contributed by atoms with Crippen LogP contribution in [0.5, 0.6) is 0 Å². The highest BCUT2D eigenvalue weighted by Gasteiger charge is 2.19. The molecule has 0 fully saturated rings. The highest BCUT2D eigenvalue weighted by molar-refractivity contribution is 7.14. The van der Waals surface area contributed by atoms with Crippen LogP contribution in [0.4, 0.5) is 11.4 Å². The molecule has 23 heavy (non-hydrogen) atoms. The molecule has 2 aromatic rings. The highest BCUT2D eigenvalue weighted by atomic mass is 32.1. The molecule has 1 aromatic carbocycles. The lowest BCUT2D eigenvalue weighted by atomic mass is 10.2. The van der Waals surface area contributed by atoms with Crippen LogP contribution in [0.1, 0.15) is 31.8 Å². The Morgan fingerprint density at radius 2 is 2.00 bits per heavy atom. The minimum atomic E-state index is -0.516. The zero-order valence-corrected chi connectivity index (χ0v) is 13.4. The van der Waals surface area contributed by atoms with Crippen molar-refractivity contribution in [3.05, 3.63) is 55.8 Å². The first kappa shape index (κ1) is 16.6. The van der Waals surface area contributed by atoms with Gasteiger partial charge in [-0.15, -0.1) is 11.3 Å². The minimum Gasteiger partial charge on any atom is -0.352 e. The van der Waals surface area contributed by atoms with Crippen LogP contribution in [0, 0.1) is 17.0 Å². The van der Waals surface area contributed by atoms with Crippen molar-refractivity contribution in [2.75, 3.05) is 11.9 Å². The van der Waals surface area contributed by atoms with Gasteiger partial charge in [-0.3, -0.25) is 19.7 Å². The third kappa shape index (κ3) is 3.92. The van der Waals surface area contributed by atoms with E-state index >= 15 is 0 Å². The van der Waals surface area contributed by atoms with Crippen molar-refractivity contribution >= 4 is 34.5 Å². The number of anilines is 1. The summed E-state index contributed by atoms with van der Waals surface area (Å²) in [5, 5.41) is 16.1. The number of aryl methyl sites for hydroxylation is 1. The Labute approximate surface area is 136 Å². The Morgan fingerprint density at radius 3 is 2.61 bits per heavy atom. The van der Waals surface area contributed by atoms with E-state index in [9.17, 15) is 19.7 Å². The van der Waals surface area contributed by atoms with Gasteiger partial charge in [-0.1, -0.05) is 6.07 Å². The highest BCUT2D eigenvalue weighted by Crippen LogP contribution is 2.28. The number of nitrogens with one attached hydrogen (secondary N) is 2. The summed E-state index contributed by atoms with van der Waals surface area (Å²) in [5.74, 6) is -0.676. The van der Waals surface area contributed by atoms with Gasteiger partial charge in [0.05, 0.1) is 14.7 Å². The first-order chi connectivity index (χ1) is 10.9. The molecule has 2 rings (SSSR count). The number of rotatable bonds is 5. The lowest BCUT2D eigenvalue weighted by Crippen LogP contribution is -2.22. The van der Waals surface area contributed by atoms with Crippen LogP contribution in [-0.4, -0.2) is 23.3 Å². The summed E-state index contributed by atoms with van der Waals surface area (Å²) in [4.78, 5) is 35.0. The average Bonchev–Trinajstić information content (AvgIpc) is 2.90. The molecule has 0 unspecified atom stereocenters. The monoisotopic (exact) mass is 333 g/mol. The number of carbonyl (C=O) groups is 2. The molecule has 0 aliphatic rings. The second kappa shape index (κ2) is 7.01. The number of nitro groups is 1. The van der Waals surface area contributed by atoms with E-state index in [1.54, 1.807) is 31.2 Å². The van der Waals surface area contributed by atoms with Gasteiger partial charge in [-0.2, -0.15) is 0 Å². The van der Waals surface area contributed by atoms with Crippen LogP contribution in [0.3, 0.4) is 0 Å². The van der Waals surface area contributed by atoms with E-state index in [2.05, 4.69) is 10.6 Å². The maximum atomic E-state index is 12.2. The van der Waals surface area contributed by atoms with Crippen molar-refractivity contribution in [3.8, 4) is 0 Å². The van der Waals surface area contributed by atoms with Crippen LogP contribution in [0.2, 0.25) is 0 Å². The Hall–Kier alpha value is -2.74. The van der Waals surface area contributed by atoms with Crippen LogP contribution >= 0.6 is 11.3 Å². The molecule has 0 spiro atoms. The van der Waals surface area contributed by atoms with Crippen molar-refractivity contribution in [1.82, 2.24) is 5.32 Å². The fourth-order valence-corrected chi connectivity index (χ4v) is 2.84.